The summed E-state index contributed by atoms with van der Waals surface area (Å²) in [6, 6.07) is 9.25. The molecular weight excluding hydrogens is 500 g/mol. The molecule has 0 aliphatic carbocycles. The Hall–Kier alpha value is -3.62. The molecule has 14 heteroatoms. The minimum atomic E-state index is -1.76. The van der Waals surface area contributed by atoms with E-state index >= 15 is 0 Å². The lowest BCUT2D eigenvalue weighted by Gasteiger charge is -2.28. The van der Waals surface area contributed by atoms with Crippen molar-refractivity contribution in [1.82, 2.24) is 25.0 Å². The molecule has 0 aliphatic heterocycles. The van der Waals surface area contributed by atoms with Crippen molar-refractivity contribution in [1.29, 1.82) is 0 Å². The van der Waals surface area contributed by atoms with Crippen molar-refractivity contribution in [2.24, 2.45) is 0 Å². The number of anilines is 2. The summed E-state index contributed by atoms with van der Waals surface area (Å²) in [6.07, 6.45) is 2.67. The van der Waals surface area contributed by atoms with E-state index in [1.807, 2.05) is 0 Å². The van der Waals surface area contributed by atoms with Crippen molar-refractivity contribution in [3.8, 4) is 5.75 Å². The fraction of sp³-hybridized carbons (Fsp3) is 0.190. The molecule has 2 aromatic carbocycles. The molecular formula is C21H19F2N7O3S2. The van der Waals surface area contributed by atoms with Gasteiger partial charge in [0.25, 0.3) is 0 Å². The SMILES string of the molecule is COc1ccc(NC(=O)Nc2nnc(SCC(O)(Cn3cncn3)c3ccc(F)cc3F)s2)cc1. The summed E-state index contributed by atoms with van der Waals surface area (Å²) in [4.78, 5) is 16.1. The van der Waals surface area contributed by atoms with Gasteiger partial charge in [0, 0.05) is 23.1 Å². The largest absolute Gasteiger partial charge is 0.497 e. The van der Waals surface area contributed by atoms with Gasteiger partial charge in [-0.15, -0.1) is 10.2 Å². The van der Waals surface area contributed by atoms with Gasteiger partial charge in [0.15, 0.2) is 4.34 Å². The van der Waals surface area contributed by atoms with Gasteiger partial charge < -0.3 is 15.2 Å². The molecule has 2 amide bonds. The van der Waals surface area contributed by atoms with Crippen molar-refractivity contribution in [3.63, 3.8) is 0 Å². The fourth-order valence-electron chi connectivity index (χ4n) is 3.09. The summed E-state index contributed by atoms with van der Waals surface area (Å²) in [6.45, 7) is -0.128. The van der Waals surface area contributed by atoms with Crippen LogP contribution in [0.5, 0.6) is 5.75 Å². The van der Waals surface area contributed by atoms with Crippen LogP contribution >= 0.6 is 23.1 Å². The molecule has 0 radical (unpaired) electrons. The van der Waals surface area contributed by atoms with Crippen LogP contribution in [0.25, 0.3) is 0 Å². The average molecular weight is 520 g/mol. The molecule has 4 aromatic rings. The third-order valence-corrected chi connectivity index (χ3v) is 6.92. The van der Waals surface area contributed by atoms with Crippen LogP contribution in [0.15, 0.2) is 59.5 Å². The normalized spacial score (nSPS) is 12.7. The van der Waals surface area contributed by atoms with Gasteiger partial charge in [-0.1, -0.05) is 29.2 Å². The van der Waals surface area contributed by atoms with Crippen LogP contribution in [-0.2, 0) is 12.1 Å². The first-order valence-corrected chi connectivity index (χ1v) is 11.8. The Labute approximate surface area is 206 Å². The first-order valence-electron chi connectivity index (χ1n) is 10.0. The number of amides is 2. The monoisotopic (exact) mass is 519 g/mol. The zero-order valence-electron chi connectivity index (χ0n) is 18.2. The predicted molar refractivity (Wildman–Crippen MR) is 127 cm³/mol. The van der Waals surface area contributed by atoms with E-state index in [0.29, 0.717) is 21.8 Å². The van der Waals surface area contributed by atoms with E-state index in [2.05, 4.69) is 30.9 Å². The second-order valence-corrected chi connectivity index (χ2v) is 9.42. The molecule has 35 heavy (non-hydrogen) atoms. The van der Waals surface area contributed by atoms with E-state index in [-0.39, 0.29) is 23.0 Å². The summed E-state index contributed by atoms with van der Waals surface area (Å²) in [5.41, 5.74) is -1.30. The number of aliphatic hydroxyl groups is 1. The molecule has 1 unspecified atom stereocenters. The molecule has 0 fully saturated rings. The number of halogens is 2. The molecule has 2 aromatic heterocycles. The standard InChI is InChI=1S/C21H19F2N7O3S2/c1-33-15-5-3-14(4-6-15)26-18(31)27-19-28-29-20(35-19)34-10-21(32,9-30-12-24-11-25-30)16-7-2-13(22)8-17(16)23/h2-8,11-12,32H,9-10H2,1H3,(H2,26,27,28,31). The third-order valence-electron chi connectivity index (χ3n) is 4.73. The van der Waals surface area contributed by atoms with Gasteiger partial charge >= 0.3 is 6.03 Å². The molecule has 0 bridgehead atoms. The number of hydrogen-bond acceptors (Lipinski definition) is 9. The summed E-state index contributed by atoms with van der Waals surface area (Å²) >= 11 is 2.18. The molecule has 2 heterocycles. The molecule has 1 atom stereocenters. The minimum Gasteiger partial charge on any atom is -0.497 e. The first kappa shape index (κ1) is 24.5. The fourth-order valence-corrected chi connectivity index (χ4v) is 4.92. The molecule has 4 rings (SSSR count). The number of nitrogens with zero attached hydrogens (tertiary/aromatic N) is 5. The van der Waals surface area contributed by atoms with E-state index in [4.69, 9.17) is 4.74 Å². The van der Waals surface area contributed by atoms with E-state index in [1.165, 1.54) is 23.4 Å². The van der Waals surface area contributed by atoms with Crippen LogP contribution in [0.4, 0.5) is 24.4 Å². The highest BCUT2D eigenvalue weighted by Gasteiger charge is 2.34. The summed E-state index contributed by atoms with van der Waals surface area (Å²) in [7, 11) is 1.55. The molecule has 182 valence electrons. The Bertz CT molecular complexity index is 1290. The lowest BCUT2D eigenvalue weighted by molar-refractivity contribution is 0.0360. The summed E-state index contributed by atoms with van der Waals surface area (Å²) in [5.74, 6) is -1.04. The molecule has 3 N–H and O–H groups in total. The van der Waals surface area contributed by atoms with Gasteiger partial charge in [-0.3, -0.25) is 5.32 Å². The molecule has 0 spiro atoms. The molecule has 10 nitrogen and oxygen atoms in total. The zero-order chi connectivity index (χ0) is 24.8. The number of carbonyl (C=O) groups is 1. The van der Waals surface area contributed by atoms with E-state index in [9.17, 15) is 18.7 Å². The number of ether oxygens (including phenoxy) is 1. The number of carbonyl (C=O) groups excluding carboxylic acids is 1. The highest BCUT2D eigenvalue weighted by Crippen LogP contribution is 2.35. The highest BCUT2D eigenvalue weighted by atomic mass is 32.2. The van der Waals surface area contributed by atoms with Crippen molar-refractivity contribution in [2.45, 2.75) is 16.5 Å². The topological polar surface area (TPSA) is 127 Å². The maximum atomic E-state index is 14.5. The number of aromatic nitrogens is 5. The second kappa shape index (κ2) is 10.8. The van der Waals surface area contributed by atoms with Gasteiger partial charge in [0.05, 0.1) is 13.7 Å². The molecule has 0 saturated carbocycles. The minimum absolute atomic E-state index is 0.0535. The van der Waals surface area contributed by atoms with Crippen molar-refractivity contribution >= 4 is 39.9 Å². The lowest BCUT2D eigenvalue weighted by atomic mass is 9.95. The predicted octanol–water partition coefficient (Wildman–Crippen LogP) is 3.74. The van der Waals surface area contributed by atoms with Gasteiger partial charge in [-0.05, 0) is 30.3 Å². The van der Waals surface area contributed by atoms with Crippen LogP contribution in [0.3, 0.4) is 0 Å². The number of hydrogen-bond donors (Lipinski definition) is 3. The van der Waals surface area contributed by atoms with Crippen LogP contribution in [0, 0.1) is 11.6 Å². The smallest absolute Gasteiger partial charge is 0.325 e. The lowest BCUT2D eigenvalue weighted by Crippen LogP contribution is -2.35. The Kier molecular flexibility index (Phi) is 7.53. The summed E-state index contributed by atoms with van der Waals surface area (Å²) in [5, 5.41) is 28.7. The van der Waals surface area contributed by atoms with Gasteiger partial charge in [0.1, 0.15) is 35.6 Å². The Balaban J connectivity index is 1.42. The first-order chi connectivity index (χ1) is 16.8. The van der Waals surface area contributed by atoms with Crippen LogP contribution < -0.4 is 15.4 Å². The van der Waals surface area contributed by atoms with Crippen LogP contribution in [-0.4, -0.2) is 49.0 Å². The number of nitrogens with one attached hydrogen (secondary N) is 2. The van der Waals surface area contributed by atoms with Crippen molar-refractivity contribution in [2.75, 3.05) is 23.5 Å². The van der Waals surface area contributed by atoms with Crippen molar-refractivity contribution in [3.05, 3.63) is 72.3 Å². The number of urea groups is 1. The van der Waals surface area contributed by atoms with Crippen LogP contribution in [0.2, 0.25) is 0 Å². The summed E-state index contributed by atoms with van der Waals surface area (Å²) < 4.78 is 34.8. The number of methoxy groups -OCH3 is 1. The van der Waals surface area contributed by atoms with Crippen LogP contribution in [0.1, 0.15) is 5.56 Å². The van der Waals surface area contributed by atoms with E-state index in [1.54, 1.807) is 31.4 Å². The third kappa shape index (κ3) is 6.29. The molecule has 0 aliphatic rings. The van der Waals surface area contributed by atoms with Gasteiger partial charge in [-0.25, -0.2) is 23.2 Å². The Morgan fingerprint density at radius 3 is 2.69 bits per heavy atom. The van der Waals surface area contributed by atoms with E-state index in [0.717, 1.165) is 29.2 Å². The van der Waals surface area contributed by atoms with Crippen molar-refractivity contribution < 1.29 is 23.4 Å². The number of thioether (sulfide) groups is 1. The Morgan fingerprint density at radius 1 is 1.20 bits per heavy atom. The van der Waals surface area contributed by atoms with E-state index < -0.39 is 23.3 Å². The quantitative estimate of drug-likeness (QED) is 0.226. The maximum Gasteiger partial charge on any atom is 0.325 e. The number of benzene rings is 2. The number of rotatable bonds is 9. The Morgan fingerprint density at radius 2 is 2.00 bits per heavy atom. The van der Waals surface area contributed by atoms with Gasteiger partial charge in [-0.2, -0.15) is 5.10 Å². The average Bonchev–Trinajstić information content (AvgIpc) is 3.50. The zero-order valence-corrected chi connectivity index (χ0v) is 19.8. The molecule has 0 saturated heterocycles. The second-order valence-electron chi connectivity index (χ2n) is 7.22. The van der Waals surface area contributed by atoms with Gasteiger partial charge in [0.2, 0.25) is 5.13 Å². The maximum absolute atomic E-state index is 14.5. The highest BCUT2D eigenvalue weighted by molar-refractivity contribution is 8.01.